The molecule has 1 aromatic rings. The van der Waals surface area contributed by atoms with E-state index in [2.05, 4.69) is 15.3 Å². The van der Waals surface area contributed by atoms with Gasteiger partial charge in [0.15, 0.2) is 0 Å². The Hall–Kier alpha value is -1.41. The van der Waals surface area contributed by atoms with E-state index in [0.29, 0.717) is 11.2 Å². The Morgan fingerprint density at radius 1 is 1.50 bits per heavy atom. The standard InChI is InChI=1S/C7H8ClN3.C2HF3O2/c8-7-10-2-1-6(11-7)5-3-9-4-5;3-2(4,5)1(6)7/h1-2,5,9H,3-4H2;(H,6,7). The molecule has 0 spiro atoms. The number of rotatable bonds is 1. The topological polar surface area (TPSA) is 75.1 Å². The van der Waals surface area contributed by atoms with E-state index in [0.717, 1.165) is 18.8 Å². The first-order valence-corrected chi connectivity index (χ1v) is 5.17. The van der Waals surface area contributed by atoms with E-state index in [1.54, 1.807) is 6.20 Å². The van der Waals surface area contributed by atoms with Crippen molar-refractivity contribution < 1.29 is 23.1 Å². The lowest BCUT2D eigenvalue weighted by Gasteiger charge is -2.26. The number of nitrogens with zero attached hydrogens (tertiary/aromatic N) is 2. The number of carboxylic acid groups (broad SMARTS) is 1. The predicted molar refractivity (Wildman–Crippen MR) is 56.3 cm³/mol. The summed E-state index contributed by atoms with van der Waals surface area (Å²) in [5.74, 6) is -2.22. The summed E-state index contributed by atoms with van der Waals surface area (Å²) in [4.78, 5) is 16.8. The van der Waals surface area contributed by atoms with Gasteiger partial charge in [0.1, 0.15) is 0 Å². The Morgan fingerprint density at radius 2 is 2.06 bits per heavy atom. The van der Waals surface area contributed by atoms with Crippen LogP contribution < -0.4 is 5.32 Å². The highest BCUT2D eigenvalue weighted by Crippen LogP contribution is 2.17. The molecule has 18 heavy (non-hydrogen) atoms. The van der Waals surface area contributed by atoms with Gasteiger partial charge in [-0.1, -0.05) is 0 Å². The van der Waals surface area contributed by atoms with Crippen molar-refractivity contribution in [1.29, 1.82) is 0 Å². The van der Waals surface area contributed by atoms with Crippen LogP contribution in [-0.4, -0.2) is 40.3 Å². The Bertz CT molecular complexity index is 424. The van der Waals surface area contributed by atoms with Crippen LogP contribution in [0.4, 0.5) is 13.2 Å². The predicted octanol–water partition coefficient (Wildman–Crippen LogP) is 1.45. The van der Waals surface area contributed by atoms with Crippen molar-refractivity contribution in [1.82, 2.24) is 15.3 Å². The van der Waals surface area contributed by atoms with Crippen LogP contribution in [0, 0.1) is 0 Å². The number of carboxylic acids is 1. The Kier molecular flexibility index (Phi) is 4.85. The van der Waals surface area contributed by atoms with Crippen LogP contribution in [0.1, 0.15) is 11.6 Å². The minimum Gasteiger partial charge on any atom is -0.475 e. The third kappa shape index (κ3) is 4.46. The van der Waals surface area contributed by atoms with Gasteiger partial charge in [-0.25, -0.2) is 14.8 Å². The molecule has 0 aromatic carbocycles. The van der Waals surface area contributed by atoms with E-state index in [-0.39, 0.29) is 0 Å². The molecule has 0 radical (unpaired) electrons. The molecule has 1 aromatic heterocycles. The van der Waals surface area contributed by atoms with Gasteiger partial charge >= 0.3 is 12.1 Å². The van der Waals surface area contributed by atoms with Gasteiger partial charge in [0.25, 0.3) is 0 Å². The smallest absolute Gasteiger partial charge is 0.475 e. The molecule has 0 amide bonds. The fourth-order valence-corrected chi connectivity index (χ4v) is 1.23. The number of halogens is 4. The molecule has 2 N–H and O–H groups in total. The summed E-state index contributed by atoms with van der Waals surface area (Å²) < 4.78 is 31.7. The average molecular weight is 284 g/mol. The summed E-state index contributed by atoms with van der Waals surface area (Å²) in [5.41, 5.74) is 1.05. The molecular formula is C9H9ClF3N3O2. The number of hydrogen-bond donors (Lipinski definition) is 2. The molecule has 1 fully saturated rings. The number of nitrogens with one attached hydrogen (secondary N) is 1. The van der Waals surface area contributed by atoms with Crippen molar-refractivity contribution >= 4 is 17.6 Å². The Balaban J connectivity index is 0.000000203. The summed E-state index contributed by atoms with van der Waals surface area (Å²) in [6, 6.07) is 1.91. The van der Waals surface area contributed by atoms with E-state index in [4.69, 9.17) is 21.5 Å². The molecule has 2 rings (SSSR count). The van der Waals surface area contributed by atoms with Crippen LogP contribution in [-0.2, 0) is 4.79 Å². The molecule has 5 nitrogen and oxygen atoms in total. The van der Waals surface area contributed by atoms with Gasteiger partial charge in [-0.15, -0.1) is 0 Å². The number of carbonyl (C=O) groups is 1. The van der Waals surface area contributed by atoms with Crippen LogP contribution in [0.25, 0.3) is 0 Å². The molecule has 0 bridgehead atoms. The highest BCUT2D eigenvalue weighted by Gasteiger charge is 2.38. The second kappa shape index (κ2) is 5.96. The van der Waals surface area contributed by atoms with Gasteiger partial charge in [0, 0.05) is 25.2 Å². The molecule has 1 aliphatic rings. The molecule has 0 atom stereocenters. The monoisotopic (exact) mass is 283 g/mol. The third-order valence-electron chi connectivity index (χ3n) is 2.09. The minimum atomic E-state index is -5.08. The average Bonchev–Trinajstić information content (AvgIpc) is 2.14. The molecule has 1 saturated heterocycles. The molecule has 1 aliphatic heterocycles. The van der Waals surface area contributed by atoms with E-state index in [9.17, 15) is 13.2 Å². The normalized spacial score (nSPS) is 15.3. The summed E-state index contributed by atoms with van der Waals surface area (Å²) >= 11 is 5.63. The molecule has 0 unspecified atom stereocenters. The number of alkyl halides is 3. The van der Waals surface area contributed by atoms with Crippen molar-refractivity contribution in [3.05, 3.63) is 23.2 Å². The number of aliphatic carboxylic acids is 1. The lowest BCUT2D eigenvalue weighted by molar-refractivity contribution is -0.192. The van der Waals surface area contributed by atoms with Crippen molar-refractivity contribution in [2.24, 2.45) is 0 Å². The first-order valence-electron chi connectivity index (χ1n) is 4.80. The molecule has 0 saturated carbocycles. The van der Waals surface area contributed by atoms with Gasteiger partial charge in [-0.05, 0) is 17.7 Å². The van der Waals surface area contributed by atoms with Gasteiger partial charge in [-0.2, -0.15) is 13.2 Å². The van der Waals surface area contributed by atoms with E-state index in [1.807, 2.05) is 6.07 Å². The Morgan fingerprint density at radius 3 is 2.39 bits per heavy atom. The third-order valence-corrected chi connectivity index (χ3v) is 2.27. The highest BCUT2D eigenvalue weighted by atomic mass is 35.5. The maximum Gasteiger partial charge on any atom is 0.490 e. The summed E-state index contributed by atoms with van der Waals surface area (Å²) in [6.07, 6.45) is -3.39. The second-order valence-corrected chi connectivity index (χ2v) is 3.75. The zero-order valence-corrected chi connectivity index (χ0v) is 9.66. The summed E-state index contributed by atoms with van der Waals surface area (Å²) in [5, 5.41) is 10.6. The van der Waals surface area contributed by atoms with E-state index < -0.39 is 12.1 Å². The fourth-order valence-electron chi connectivity index (χ4n) is 1.07. The highest BCUT2D eigenvalue weighted by molar-refractivity contribution is 6.28. The van der Waals surface area contributed by atoms with Crippen LogP contribution in [0.5, 0.6) is 0 Å². The molecular weight excluding hydrogens is 275 g/mol. The largest absolute Gasteiger partial charge is 0.490 e. The molecule has 100 valence electrons. The Labute approximate surface area is 105 Å². The lowest BCUT2D eigenvalue weighted by atomic mass is 9.99. The molecule has 0 aliphatic carbocycles. The van der Waals surface area contributed by atoms with Crippen molar-refractivity contribution in [2.75, 3.05) is 13.1 Å². The van der Waals surface area contributed by atoms with Gasteiger partial charge in [0.2, 0.25) is 5.28 Å². The molecule has 9 heteroatoms. The quantitative estimate of drug-likeness (QED) is 0.763. The second-order valence-electron chi connectivity index (χ2n) is 3.41. The van der Waals surface area contributed by atoms with Crippen molar-refractivity contribution in [3.63, 3.8) is 0 Å². The summed E-state index contributed by atoms with van der Waals surface area (Å²) in [7, 11) is 0. The first kappa shape index (κ1) is 14.7. The van der Waals surface area contributed by atoms with Crippen LogP contribution in [0.15, 0.2) is 12.3 Å². The van der Waals surface area contributed by atoms with Gasteiger partial charge in [0.05, 0.1) is 5.69 Å². The zero-order valence-electron chi connectivity index (χ0n) is 8.91. The van der Waals surface area contributed by atoms with Gasteiger partial charge < -0.3 is 10.4 Å². The van der Waals surface area contributed by atoms with Crippen LogP contribution >= 0.6 is 11.6 Å². The van der Waals surface area contributed by atoms with Crippen LogP contribution in [0.3, 0.4) is 0 Å². The number of hydrogen-bond acceptors (Lipinski definition) is 4. The summed E-state index contributed by atoms with van der Waals surface area (Å²) in [6.45, 7) is 2.01. The van der Waals surface area contributed by atoms with E-state index in [1.165, 1.54) is 0 Å². The maximum absolute atomic E-state index is 10.6. The van der Waals surface area contributed by atoms with Crippen molar-refractivity contribution in [2.45, 2.75) is 12.1 Å². The van der Waals surface area contributed by atoms with E-state index >= 15 is 0 Å². The SMILES string of the molecule is Clc1nccc(C2CNC2)n1.O=C(O)C(F)(F)F. The lowest BCUT2D eigenvalue weighted by Crippen LogP contribution is -2.40. The molecule has 2 heterocycles. The van der Waals surface area contributed by atoms with Crippen LogP contribution in [0.2, 0.25) is 5.28 Å². The fraction of sp³-hybridized carbons (Fsp3) is 0.444. The minimum absolute atomic E-state index is 0.342. The van der Waals surface area contributed by atoms with Gasteiger partial charge in [-0.3, -0.25) is 0 Å². The first-order chi connectivity index (χ1) is 8.30. The zero-order chi connectivity index (χ0) is 13.8. The maximum atomic E-state index is 10.6. The van der Waals surface area contributed by atoms with Crippen molar-refractivity contribution in [3.8, 4) is 0 Å². The number of aromatic nitrogens is 2.